The molecule has 0 radical (unpaired) electrons. The fraction of sp³-hybridized carbons (Fsp3) is 0.526. The molecule has 0 bridgehead atoms. The van der Waals surface area contributed by atoms with E-state index in [1.54, 1.807) is 12.1 Å². The van der Waals surface area contributed by atoms with Gasteiger partial charge in [-0.2, -0.15) is 21.9 Å². The maximum absolute atomic E-state index is 13.2. The molecule has 1 aromatic carbocycles. The Bertz CT molecular complexity index is 1090. The second-order valence-corrected chi connectivity index (χ2v) is 11.0. The van der Waals surface area contributed by atoms with E-state index in [4.69, 9.17) is 4.74 Å². The van der Waals surface area contributed by atoms with Crippen LogP contribution in [0.1, 0.15) is 38.1 Å². The van der Waals surface area contributed by atoms with Gasteiger partial charge >= 0.3 is 0 Å². The van der Waals surface area contributed by atoms with E-state index in [-0.39, 0.29) is 27.1 Å². The zero-order valence-corrected chi connectivity index (χ0v) is 18.8. The van der Waals surface area contributed by atoms with Gasteiger partial charge in [-0.25, -0.2) is 8.42 Å². The van der Waals surface area contributed by atoms with Gasteiger partial charge in [-0.05, 0) is 63.8 Å². The molecule has 1 atom stereocenters. The Morgan fingerprint density at radius 2 is 1.76 bits per heavy atom. The molecule has 0 aliphatic carbocycles. The zero-order valence-electron chi connectivity index (χ0n) is 17.1. The molecule has 29 heavy (non-hydrogen) atoms. The van der Waals surface area contributed by atoms with Crippen molar-refractivity contribution in [3.8, 4) is 5.75 Å². The first kappa shape index (κ1) is 21.8. The van der Waals surface area contributed by atoms with Crippen molar-refractivity contribution < 1.29 is 21.6 Å². The molecular formula is C19H27N3O5S2. The predicted molar refractivity (Wildman–Crippen MR) is 109 cm³/mol. The Balaban J connectivity index is 2.02. The van der Waals surface area contributed by atoms with Gasteiger partial charge < -0.3 is 4.74 Å². The fourth-order valence-electron chi connectivity index (χ4n) is 3.68. The van der Waals surface area contributed by atoms with Crippen LogP contribution in [0.4, 0.5) is 0 Å². The number of nitrogens with zero attached hydrogens (tertiary/aromatic N) is 3. The molecule has 0 N–H and O–H groups in total. The quantitative estimate of drug-likeness (QED) is 0.683. The highest BCUT2D eigenvalue weighted by atomic mass is 32.2. The molecular weight excluding hydrogens is 414 g/mol. The van der Waals surface area contributed by atoms with Crippen molar-refractivity contribution in [2.24, 2.45) is 5.92 Å². The van der Waals surface area contributed by atoms with Crippen LogP contribution in [0.2, 0.25) is 0 Å². The lowest BCUT2D eigenvalue weighted by atomic mass is 10.0. The molecule has 8 nitrogen and oxygen atoms in total. The summed E-state index contributed by atoms with van der Waals surface area (Å²) in [6.07, 6.45) is 1.77. The number of rotatable bonds is 6. The van der Waals surface area contributed by atoms with Crippen LogP contribution < -0.4 is 4.74 Å². The van der Waals surface area contributed by atoms with Gasteiger partial charge in [-0.3, -0.25) is 0 Å². The molecule has 0 spiro atoms. The lowest BCUT2D eigenvalue weighted by molar-refractivity contribution is 0.281. The van der Waals surface area contributed by atoms with Gasteiger partial charge in [0.1, 0.15) is 10.6 Å². The molecule has 1 fully saturated rings. The summed E-state index contributed by atoms with van der Waals surface area (Å²) in [4.78, 5) is -0.0109. The smallest absolute Gasteiger partial charge is 0.283 e. The molecule has 10 heteroatoms. The molecule has 2 heterocycles. The average molecular weight is 442 g/mol. The Morgan fingerprint density at radius 3 is 2.34 bits per heavy atom. The number of aromatic nitrogens is 2. The van der Waals surface area contributed by atoms with Crippen LogP contribution in [0, 0.1) is 19.8 Å². The molecule has 1 aliphatic rings. The van der Waals surface area contributed by atoms with E-state index >= 15 is 0 Å². The van der Waals surface area contributed by atoms with Crippen LogP contribution in [0.3, 0.4) is 0 Å². The fourth-order valence-corrected chi connectivity index (χ4v) is 7.05. The monoisotopic (exact) mass is 441 g/mol. The van der Waals surface area contributed by atoms with E-state index in [2.05, 4.69) is 5.10 Å². The van der Waals surface area contributed by atoms with Crippen molar-refractivity contribution >= 4 is 20.0 Å². The van der Waals surface area contributed by atoms with Crippen LogP contribution in [0.5, 0.6) is 5.75 Å². The Labute approximate surface area is 172 Å². The van der Waals surface area contributed by atoms with E-state index in [0.717, 1.165) is 16.9 Å². The predicted octanol–water partition coefficient (Wildman–Crippen LogP) is 2.56. The summed E-state index contributed by atoms with van der Waals surface area (Å²) in [5.74, 6) is 0.823. The Kier molecular flexibility index (Phi) is 6.07. The van der Waals surface area contributed by atoms with Crippen molar-refractivity contribution in [2.75, 3.05) is 19.7 Å². The van der Waals surface area contributed by atoms with E-state index in [9.17, 15) is 16.8 Å². The molecule has 1 saturated heterocycles. The maximum atomic E-state index is 13.2. The summed E-state index contributed by atoms with van der Waals surface area (Å²) in [6.45, 7) is 8.19. The summed E-state index contributed by atoms with van der Waals surface area (Å²) in [6, 6.07) is 5.98. The largest absolute Gasteiger partial charge is 0.494 e. The summed E-state index contributed by atoms with van der Waals surface area (Å²) >= 11 is 0. The van der Waals surface area contributed by atoms with Gasteiger partial charge in [-0.1, -0.05) is 6.92 Å². The molecule has 0 unspecified atom stereocenters. The lowest BCUT2D eigenvalue weighted by Gasteiger charge is -2.30. The first-order valence-corrected chi connectivity index (χ1v) is 12.5. The van der Waals surface area contributed by atoms with Gasteiger partial charge in [0.15, 0.2) is 0 Å². The normalized spacial score (nSPS) is 18.7. The van der Waals surface area contributed by atoms with Gasteiger partial charge in [0, 0.05) is 13.1 Å². The number of aryl methyl sites for hydroxylation is 1. The molecule has 1 aliphatic heterocycles. The highest BCUT2D eigenvalue weighted by Gasteiger charge is 2.35. The van der Waals surface area contributed by atoms with Crippen LogP contribution in [0.15, 0.2) is 34.1 Å². The number of piperidine rings is 1. The van der Waals surface area contributed by atoms with E-state index < -0.39 is 20.0 Å². The van der Waals surface area contributed by atoms with Crippen LogP contribution in [-0.2, 0) is 20.0 Å². The molecule has 1 aromatic heterocycles. The summed E-state index contributed by atoms with van der Waals surface area (Å²) < 4.78 is 60.2. The van der Waals surface area contributed by atoms with Crippen molar-refractivity contribution in [1.29, 1.82) is 0 Å². The van der Waals surface area contributed by atoms with Crippen molar-refractivity contribution in [3.63, 3.8) is 0 Å². The first-order valence-electron chi connectivity index (χ1n) is 9.63. The molecule has 0 amide bonds. The number of sulfonamides is 1. The Hall–Kier alpha value is -1.91. The molecule has 3 rings (SSSR count). The maximum Gasteiger partial charge on any atom is 0.283 e. The summed E-state index contributed by atoms with van der Waals surface area (Å²) in [5, 5.41) is 4.09. The highest BCUT2D eigenvalue weighted by Crippen LogP contribution is 2.29. The van der Waals surface area contributed by atoms with E-state index in [1.807, 2.05) is 13.8 Å². The van der Waals surface area contributed by atoms with E-state index in [0.29, 0.717) is 25.4 Å². The van der Waals surface area contributed by atoms with Crippen molar-refractivity contribution in [2.45, 2.75) is 50.3 Å². The lowest BCUT2D eigenvalue weighted by Crippen LogP contribution is -2.39. The second kappa shape index (κ2) is 8.08. The summed E-state index contributed by atoms with van der Waals surface area (Å²) in [5.41, 5.74) is 0.268. The van der Waals surface area contributed by atoms with E-state index in [1.165, 1.54) is 30.3 Å². The SMILES string of the molecule is CCOc1ccc(S(=O)(=O)n2nc(C)c(S(=O)(=O)N3CCC[C@@H](C)C3)c2C)cc1. The zero-order chi connectivity index (χ0) is 21.4. The van der Waals surface area contributed by atoms with Gasteiger partial charge in [0.2, 0.25) is 10.0 Å². The summed E-state index contributed by atoms with van der Waals surface area (Å²) in [7, 11) is -7.86. The van der Waals surface area contributed by atoms with Gasteiger partial charge in [0.25, 0.3) is 10.0 Å². The molecule has 160 valence electrons. The number of benzene rings is 1. The first-order chi connectivity index (χ1) is 13.6. The third-order valence-electron chi connectivity index (χ3n) is 5.06. The van der Waals surface area contributed by atoms with Crippen molar-refractivity contribution in [3.05, 3.63) is 35.7 Å². The topological polar surface area (TPSA) is 98.6 Å². The van der Waals surface area contributed by atoms with Crippen molar-refractivity contribution in [1.82, 2.24) is 13.5 Å². The third kappa shape index (κ3) is 4.06. The number of hydrogen-bond acceptors (Lipinski definition) is 6. The van der Waals surface area contributed by atoms with Crippen LogP contribution in [-0.4, -0.2) is 50.0 Å². The van der Waals surface area contributed by atoms with Gasteiger partial charge in [-0.15, -0.1) is 0 Å². The molecule has 0 saturated carbocycles. The number of ether oxygens (including phenoxy) is 1. The minimum atomic E-state index is -4.04. The van der Waals surface area contributed by atoms with Crippen LogP contribution in [0.25, 0.3) is 0 Å². The Morgan fingerprint density at radius 1 is 1.10 bits per heavy atom. The minimum Gasteiger partial charge on any atom is -0.494 e. The minimum absolute atomic E-state index is 0.0158. The average Bonchev–Trinajstić information content (AvgIpc) is 2.98. The van der Waals surface area contributed by atoms with Gasteiger partial charge in [0.05, 0.1) is 22.9 Å². The third-order valence-corrected chi connectivity index (χ3v) is 8.86. The second-order valence-electron chi connectivity index (χ2n) is 7.36. The standard InChI is InChI=1S/C19H27N3O5S2/c1-5-27-17-8-10-18(11-9-17)28(23,24)22-16(4)19(15(3)20-22)29(25,26)21-12-6-7-14(2)13-21/h8-11,14H,5-7,12-13H2,1-4H3/t14-/m1/s1. The number of hydrogen-bond donors (Lipinski definition) is 0. The highest BCUT2D eigenvalue weighted by molar-refractivity contribution is 7.90. The molecule has 2 aromatic rings. The van der Waals surface area contributed by atoms with Crippen LogP contribution >= 0.6 is 0 Å².